The van der Waals surface area contributed by atoms with Crippen molar-refractivity contribution < 1.29 is 38.4 Å². The van der Waals surface area contributed by atoms with Crippen molar-refractivity contribution in [2.45, 2.75) is 123 Å². The second-order valence-corrected chi connectivity index (χ2v) is 13.2. The highest BCUT2D eigenvalue weighted by atomic mass is 32.2. The molecule has 1 unspecified atom stereocenters. The first-order valence-corrected chi connectivity index (χ1v) is 17.0. The van der Waals surface area contributed by atoms with Crippen LogP contribution in [0.1, 0.15) is 117 Å². The van der Waals surface area contributed by atoms with E-state index in [0.717, 1.165) is 12.8 Å². The number of phosphoric acid groups is 1. The van der Waals surface area contributed by atoms with Crippen molar-refractivity contribution in [3.05, 3.63) is 0 Å². The van der Waals surface area contributed by atoms with Crippen molar-refractivity contribution >= 4 is 36.5 Å². The van der Waals surface area contributed by atoms with Gasteiger partial charge in [-0.1, -0.05) is 110 Å². The summed E-state index contributed by atoms with van der Waals surface area (Å²) in [5, 5.41) is 15.4. The van der Waals surface area contributed by atoms with Gasteiger partial charge >= 0.3 is 7.82 Å². The largest absolute Gasteiger partial charge is 0.469 e. The van der Waals surface area contributed by atoms with Crippen LogP contribution in [0.5, 0.6) is 0 Å². The number of carbonyl (C=O) groups is 3. The van der Waals surface area contributed by atoms with Crippen molar-refractivity contribution in [1.29, 1.82) is 0 Å². The van der Waals surface area contributed by atoms with Crippen LogP contribution in [0.4, 0.5) is 0 Å². The molecule has 0 fully saturated rings. The number of hydrogen-bond acceptors (Lipinski definition) is 7. The van der Waals surface area contributed by atoms with Crippen LogP contribution in [0.3, 0.4) is 0 Å². The van der Waals surface area contributed by atoms with Crippen LogP contribution in [0, 0.1) is 5.41 Å². The number of aliphatic hydroxyl groups excluding tert-OH is 1. The highest BCUT2D eigenvalue weighted by Crippen LogP contribution is 2.38. The first kappa shape index (κ1) is 38.0. The summed E-state index contributed by atoms with van der Waals surface area (Å²) in [4.78, 5) is 53.6. The Morgan fingerprint density at radius 1 is 0.821 bits per heavy atom. The quantitative estimate of drug-likeness (QED) is 0.0733. The maximum absolute atomic E-state index is 12.1. The molecular formula is C27H53N2O8PS. The lowest BCUT2D eigenvalue weighted by atomic mass is 9.87. The number of phosphoric ester groups is 1. The molecule has 0 bridgehead atoms. The average molecular weight is 597 g/mol. The molecule has 12 heteroatoms. The van der Waals surface area contributed by atoms with Crippen LogP contribution in [0.25, 0.3) is 0 Å². The Balaban J connectivity index is 3.69. The molecule has 0 saturated heterocycles. The summed E-state index contributed by atoms with van der Waals surface area (Å²) in [6.07, 6.45) is 15.5. The monoisotopic (exact) mass is 596 g/mol. The van der Waals surface area contributed by atoms with Gasteiger partial charge in [-0.05, 0) is 6.42 Å². The van der Waals surface area contributed by atoms with E-state index < -0.39 is 31.9 Å². The van der Waals surface area contributed by atoms with Crippen LogP contribution < -0.4 is 10.6 Å². The summed E-state index contributed by atoms with van der Waals surface area (Å²) in [5.74, 6) is -0.572. The average Bonchev–Trinajstić information content (AvgIpc) is 2.87. The third-order valence-corrected chi connectivity index (χ3v) is 7.82. The minimum Gasteiger partial charge on any atom is -0.383 e. The molecule has 0 aromatic carbocycles. The molecule has 39 heavy (non-hydrogen) atoms. The zero-order valence-electron chi connectivity index (χ0n) is 24.3. The predicted octanol–water partition coefficient (Wildman–Crippen LogP) is 4.85. The molecule has 0 saturated carbocycles. The van der Waals surface area contributed by atoms with Gasteiger partial charge < -0.3 is 25.5 Å². The van der Waals surface area contributed by atoms with Gasteiger partial charge in [0.25, 0.3) is 0 Å². The molecule has 0 aliphatic carbocycles. The number of carbonyl (C=O) groups excluding carboxylic acids is 3. The fourth-order valence-corrected chi connectivity index (χ4v) is 5.10. The normalized spacial score (nSPS) is 12.8. The van der Waals surface area contributed by atoms with Crippen molar-refractivity contribution in [2.24, 2.45) is 5.41 Å². The standard InChI is InChI=1S/C27H53N2O8PS/c1-4-5-6-7-8-9-10-11-12-13-14-15-16-17-24(31)39-21-20-28-23(30)18-19-29-26(33)25(32)27(2,3)22-37-38(34,35)36/h25,32H,4-22H2,1-3H3,(H,28,30)(H,29,33)(H2,34,35,36). The summed E-state index contributed by atoms with van der Waals surface area (Å²) in [7, 11) is -4.72. The summed E-state index contributed by atoms with van der Waals surface area (Å²) >= 11 is 1.22. The van der Waals surface area contributed by atoms with E-state index in [2.05, 4.69) is 22.1 Å². The number of rotatable bonds is 25. The fraction of sp³-hybridized carbons (Fsp3) is 0.889. The predicted molar refractivity (Wildman–Crippen MR) is 156 cm³/mol. The molecule has 0 spiro atoms. The minimum absolute atomic E-state index is 0.00452. The molecule has 230 valence electrons. The molecule has 0 radical (unpaired) electrons. The van der Waals surface area contributed by atoms with E-state index in [1.54, 1.807) is 0 Å². The van der Waals surface area contributed by atoms with Crippen LogP contribution >= 0.6 is 19.6 Å². The van der Waals surface area contributed by atoms with Crippen LogP contribution in [-0.2, 0) is 23.5 Å². The molecule has 0 aliphatic rings. The van der Waals surface area contributed by atoms with Gasteiger partial charge in [0.1, 0.15) is 6.10 Å². The van der Waals surface area contributed by atoms with E-state index in [0.29, 0.717) is 18.7 Å². The lowest BCUT2D eigenvalue weighted by Crippen LogP contribution is -2.46. The number of amides is 2. The number of nitrogens with one attached hydrogen (secondary N) is 2. The number of aliphatic hydroxyl groups is 1. The highest BCUT2D eigenvalue weighted by molar-refractivity contribution is 8.13. The van der Waals surface area contributed by atoms with Gasteiger partial charge in [-0.15, -0.1) is 0 Å². The molecule has 0 heterocycles. The first-order valence-electron chi connectivity index (χ1n) is 14.5. The van der Waals surface area contributed by atoms with Gasteiger partial charge in [0, 0.05) is 37.1 Å². The Morgan fingerprint density at radius 2 is 1.33 bits per heavy atom. The molecule has 1 atom stereocenters. The second kappa shape index (κ2) is 22.7. The molecule has 0 rings (SSSR count). The Hall–Kier alpha value is -0.970. The van der Waals surface area contributed by atoms with Crippen molar-refractivity contribution in [1.82, 2.24) is 10.6 Å². The van der Waals surface area contributed by atoms with Gasteiger partial charge in [0.2, 0.25) is 11.8 Å². The molecule has 0 aliphatic heterocycles. The van der Waals surface area contributed by atoms with Gasteiger partial charge in [-0.2, -0.15) is 0 Å². The molecule has 0 aromatic rings. The van der Waals surface area contributed by atoms with Gasteiger partial charge in [0.15, 0.2) is 5.12 Å². The lowest BCUT2D eigenvalue weighted by Gasteiger charge is -2.29. The Labute approximate surface area is 239 Å². The summed E-state index contributed by atoms with van der Waals surface area (Å²) in [5.41, 5.74) is -1.25. The van der Waals surface area contributed by atoms with E-state index in [1.165, 1.54) is 96.2 Å². The Bertz CT molecular complexity index is 733. The first-order chi connectivity index (χ1) is 18.4. The molecular weight excluding hydrogens is 543 g/mol. The molecule has 5 N–H and O–H groups in total. The van der Waals surface area contributed by atoms with E-state index in [1.807, 2.05) is 0 Å². The van der Waals surface area contributed by atoms with E-state index >= 15 is 0 Å². The molecule has 10 nitrogen and oxygen atoms in total. The second-order valence-electron chi connectivity index (χ2n) is 10.8. The van der Waals surface area contributed by atoms with Crippen molar-refractivity contribution in [2.75, 3.05) is 25.4 Å². The van der Waals surface area contributed by atoms with Crippen LogP contribution in [0.2, 0.25) is 0 Å². The maximum Gasteiger partial charge on any atom is 0.469 e. The number of hydrogen-bond donors (Lipinski definition) is 5. The fourth-order valence-electron chi connectivity index (χ4n) is 3.88. The van der Waals surface area contributed by atoms with E-state index in [4.69, 9.17) is 9.79 Å². The Morgan fingerprint density at radius 3 is 1.85 bits per heavy atom. The topological polar surface area (TPSA) is 162 Å². The summed E-state index contributed by atoms with van der Waals surface area (Å²) in [6.45, 7) is 4.91. The third kappa shape index (κ3) is 23.4. The van der Waals surface area contributed by atoms with Crippen molar-refractivity contribution in [3.8, 4) is 0 Å². The number of unbranched alkanes of at least 4 members (excludes halogenated alkanes) is 12. The zero-order chi connectivity index (χ0) is 29.6. The van der Waals surface area contributed by atoms with E-state index in [-0.39, 0.29) is 24.0 Å². The zero-order valence-corrected chi connectivity index (χ0v) is 26.0. The van der Waals surface area contributed by atoms with Gasteiger partial charge in [0.05, 0.1) is 6.61 Å². The molecule has 0 aromatic heterocycles. The number of thioether (sulfide) groups is 1. The van der Waals surface area contributed by atoms with Gasteiger partial charge in [-0.25, -0.2) is 4.57 Å². The van der Waals surface area contributed by atoms with E-state index in [9.17, 15) is 24.1 Å². The maximum atomic E-state index is 12.1. The summed E-state index contributed by atoms with van der Waals surface area (Å²) < 4.78 is 15.2. The SMILES string of the molecule is CCCCCCCCCCCCCCCC(=O)SCCNC(=O)CCNC(=O)C(O)C(C)(C)COP(=O)(O)O. The van der Waals surface area contributed by atoms with Crippen LogP contribution in [0.15, 0.2) is 0 Å². The lowest BCUT2D eigenvalue weighted by molar-refractivity contribution is -0.137. The highest BCUT2D eigenvalue weighted by Gasteiger charge is 2.35. The smallest absolute Gasteiger partial charge is 0.383 e. The summed E-state index contributed by atoms with van der Waals surface area (Å²) in [6, 6.07) is 0. The third-order valence-electron chi connectivity index (χ3n) is 6.42. The molecule has 2 amide bonds. The van der Waals surface area contributed by atoms with Crippen LogP contribution in [-0.4, -0.2) is 63.4 Å². The minimum atomic E-state index is -4.72. The van der Waals surface area contributed by atoms with Crippen molar-refractivity contribution in [3.63, 3.8) is 0 Å². The van der Waals surface area contributed by atoms with Gasteiger partial charge in [-0.3, -0.25) is 18.9 Å². The Kier molecular flexibility index (Phi) is 22.1.